The molecule has 0 aromatic carbocycles. The lowest BCUT2D eigenvalue weighted by Crippen LogP contribution is -2.29. The molecule has 2 heterocycles. The summed E-state index contributed by atoms with van der Waals surface area (Å²) in [5.41, 5.74) is 1.01. The van der Waals surface area contributed by atoms with Crippen molar-refractivity contribution in [3.63, 3.8) is 0 Å². The predicted octanol–water partition coefficient (Wildman–Crippen LogP) is 0.346. The SMILES string of the molecule is O=S(=O)(NCC1=CCNCC1)c1cnn(CC(F)F)c1. The number of sulfonamides is 1. The lowest BCUT2D eigenvalue weighted by molar-refractivity contribution is 0.121. The van der Waals surface area contributed by atoms with Gasteiger partial charge >= 0.3 is 0 Å². The van der Waals surface area contributed by atoms with Gasteiger partial charge in [0.2, 0.25) is 10.0 Å². The fraction of sp³-hybridized carbons (Fsp3) is 0.545. The number of nitrogens with one attached hydrogen (secondary N) is 2. The molecule has 0 saturated heterocycles. The maximum absolute atomic E-state index is 12.2. The second-order valence-electron chi connectivity index (χ2n) is 4.43. The Balaban J connectivity index is 1.98. The minimum absolute atomic E-state index is 0.104. The Labute approximate surface area is 115 Å². The maximum atomic E-state index is 12.2. The highest BCUT2D eigenvalue weighted by atomic mass is 32.2. The molecule has 0 atom stereocenters. The standard InChI is InChI=1S/C11H16F2N4O2S/c12-11(13)8-17-7-10(6-15-17)20(18,19)16-5-9-1-3-14-4-2-9/h1,6-7,11,14,16H,2-5,8H2. The molecule has 0 bridgehead atoms. The van der Waals surface area contributed by atoms with E-state index in [-0.39, 0.29) is 11.4 Å². The van der Waals surface area contributed by atoms with E-state index in [1.54, 1.807) is 0 Å². The van der Waals surface area contributed by atoms with E-state index in [0.717, 1.165) is 42.2 Å². The number of alkyl halides is 2. The van der Waals surface area contributed by atoms with Crippen molar-refractivity contribution in [2.24, 2.45) is 0 Å². The van der Waals surface area contributed by atoms with Crippen molar-refractivity contribution in [1.82, 2.24) is 19.8 Å². The first-order valence-electron chi connectivity index (χ1n) is 6.16. The second kappa shape index (κ2) is 6.42. The van der Waals surface area contributed by atoms with E-state index >= 15 is 0 Å². The van der Waals surface area contributed by atoms with Gasteiger partial charge in [0, 0.05) is 19.3 Å². The summed E-state index contributed by atoms with van der Waals surface area (Å²) in [6.45, 7) is 1.15. The Hall–Kier alpha value is -1.32. The average molecular weight is 306 g/mol. The van der Waals surface area contributed by atoms with Gasteiger partial charge in [0.25, 0.3) is 6.43 Å². The molecule has 0 unspecified atom stereocenters. The molecular formula is C11H16F2N4O2S. The van der Waals surface area contributed by atoms with Crippen LogP contribution in [0.25, 0.3) is 0 Å². The highest BCUT2D eigenvalue weighted by Gasteiger charge is 2.18. The fourth-order valence-electron chi connectivity index (χ4n) is 1.83. The Morgan fingerprint density at radius 2 is 2.30 bits per heavy atom. The van der Waals surface area contributed by atoms with Gasteiger partial charge in [-0.25, -0.2) is 21.9 Å². The molecule has 0 spiro atoms. The van der Waals surface area contributed by atoms with Crippen LogP contribution in [0.1, 0.15) is 6.42 Å². The van der Waals surface area contributed by atoms with E-state index in [2.05, 4.69) is 15.1 Å². The van der Waals surface area contributed by atoms with Crippen LogP contribution in [-0.4, -0.2) is 44.3 Å². The molecule has 0 radical (unpaired) electrons. The molecule has 2 rings (SSSR count). The van der Waals surface area contributed by atoms with Crippen LogP contribution in [0, 0.1) is 0 Å². The molecule has 0 fully saturated rings. The lowest BCUT2D eigenvalue weighted by atomic mass is 10.1. The Bertz CT molecular complexity index is 583. The topological polar surface area (TPSA) is 76.0 Å². The Morgan fingerprint density at radius 3 is 2.95 bits per heavy atom. The van der Waals surface area contributed by atoms with Crippen molar-refractivity contribution in [2.75, 3.05) is 19.6 Å². The number of hydrogen-bond donors (Lipinski definition) is 2. The monoisotopic (exact) mass is 306 g/mol. The first kappa shape index (κ1) is 15.1. The third kappa shape index (κ3) is 4.09. The zero-order valence-corrected chi connectivity index (χ0v) is 11.5. The summed E-state index contributed by atoms with van der Waals surface area (Å²) >= 11 is 0. The number of rotatable bonds is 6. The molecule has 0 amide bonds. The van der Waals surface area contributed by atoms with Crippen LogP contribution in [0.5, 0.6) is 0 Å². The minimum atomic E-state index is -3.71. The molecule has 6 nitrogen and oxygen atoms in total. The maximum Gasteiger partial charge on any atom is 0.257 e. The van der Waals surface area contributed by atoms with Gasteiger partial charge in [-0.3, -0.25) is 4.68 Å². The molecule has 1 aliphatic heterocycles. The molecule has 9 heteroatoms. The van der Waals surface area contributed by atoms with Crippen molar-refractivity contribution in [3.8, 4) is 0 Å². The molecule has 0 saturated carbocycles. The van der Waals surface area contributed by atoms with E-state index in [0.29, 0.717) is 0 Å². The van der Waals surface area contributed by atoms with E-state index in [9.17, 15) is 17.2 Å². The normalized spacial score (nSPS) is 16.4. The van der Waals surface area contributed by atoms with E-state index in [1.807, 2.05) is 6.08 Å². The van der Waals surface area contributed by atoms with Gasteiger partial charge in [0.1, 0.15) is 11.4 Å². The zero-order valence-electron chi connectivity index (χ0n) is 10.7. The van der Waals surface area contributed by atoms with E-state index < -0.39 is 23.0 Å². The van der Waals surface area contributed by atoms with Gasteiger partial charge in [-0.2, -0.15) is 5.10 Å². The molecule has 112 valence electrons. The third-order valence-corrected chi connectivity index (χ3v) is 4.25. The zero-order chi connectivity index (χ0) is 14.6. The van der Waals surface area contributed by atoms with Crippen LogP contribution in [0.4, 0.5) is 8.78 Å². The van der Waals surface area contributed by atoms with Crippen LogP contribution in [0.2, 0.25) is 0 Å². The third-order valence-electron chi connectivity index (χ3n) is 2.89. The quantitative estimate of drug-likeness (QED) is 0.744. The number of hydrogen-bond acceptors (Lipinski definition) is 4. The molecule has 1 aromatic heterocycles. The number of aromatic nitrogens is 2. The van der Waals surface area contributed by atoms with Crippen LogP contribution < -0.4 is 10.0 Å². The van der Waals surface area contributed by atoms with Crippen molar-refractivity contribution in [1.29, 1.82) is 0 Å². The molecule has 2 N–H and O–H groups in total. The largest absolute Gasteiger partial charge is 0.313 e. The average Bonchev–Trinajstić information content (AvgIpc) is 2.86. The Morgan fingerprint density at radius 1 is 1.50 bits per heavy atom. The smallest absolute Gasteiger partial charge is 0.257 e. The second-order valence-corrected chi connectivity index (χ2v) is 6.20. The minimum Gasteiger partial charge on any atom is -0.313 e. The molecular weight excluding hydrogens is 290 g/mol. The fourth-order valence-corrected chi connectivity index (χ4v) is 2.81. The van der Waals surface area contributed by atoms with Gasteiger partial charge in [-0.15, -0.1) is 0 Å². The summed E-state index contributed by atoms with van der Waals surface area (Å²) in [5.74, 6) is 0. The molecule has 0 aliphatic carbocycles. The molecule has 1 aliphatic rings. The van der Waals surface area contributed by atoms with Crippen molar-refractivity contribution in [3.05, 3.63) is 24.0 Å². The van der Waals surface area contributed by atoms with Crippen LogP contribution in [-0.2, 0) is 16.6 Å². The van der Waals surface area contributed by atoms with Crippen molar-refractivity contribution >= 4 is 10.0 Å². The van der Waals surface area contributed by atoms with Gasteiger partial charge in [0.15, 0.2) is 0 Å². The summed E-state index contributed by atoms with van der Waals surface area (Å²) in [6.07, 6.45) is 2.32. The van der Waals surface area contributed by atoms with Gasteiger partial charge in [-0.1, -0.05) is 11.6 Å². The highest BCUT2D eigenvalue weighted by Crippen LogP contribution is 2.10. The van der Waals surface area contributed by atoms with Crippen LogP contribution >= 0.6 is 0 Å². The number of halogens is 2. The van der Waals surface area contributed by atoms with Crippen molar-refractivity contribution in [2.45, 2.75) is 24.3 Å². The lowest BCUT2D eigenvalue weighted by Gasteiger charge is -2.14. The molecule has 20 heavy (non-hydrogen) atoms. The van der Waals surface area contributed by atoms with Crippen molar-refractivity contribution < 1.29 is 17.2 Å². The summed E-state index contributed by atoms with van der Waals surface area (Å²) in [7, 11) is -3.71. The predicted molar refractivity (Wildman–Crippen MR) is 69.0 cm³/mol. The first-order valence-corrected chi connectivity index (χ1v) is 7.64. The van der Waals surface area contributed by atoms with Gasteiger partial charge in [-0.05, 0) is 13.0 Å². The van der Waals surface area contributed by atoms with E-state index in [1.165, 1.54) is 0 Å². The first-order chi connectivity index (χ1) is 9.47. The summed E-state index contributed by atoms with van der Waals surface area (Å²) in [5, 5.41) is 6.74. The van der Waals surface area contributed by atoms with Gasteiger partial charge < -0.3 is 5.32 Å². The number of nitrogens with zero attached hydrogens (tertiary/aromatic N) is 2. The molecule has 1 aromatic rings. The van der Waals surface area contributed by atoms with Crippen LogP contribution in [0.15, 0.2) is 28.9 Å². The Kier molecular flexibility index (Phi) is 4.84. The van der Waals surface area contributed by atoms with Crippen LogP contribution in [0.3, 0.4) is 0 Å². The van der Waals surface area contributed by atoms with Gasteiger partial charge in [0.05, 0.1) is 6.20 Å². The summed E-state index contributed by atoms with van der Waals surface area (Å²) in [6, 6.07) is 0. The summed E-state index contributed by atoms with van der Waals surface area (Å²) in [4.78, 5) is -0.104. The summed E-state index contributed by atoms with van der Waals surface area (Å²) < 4.78 is 51.7. The van der Waals surface area contributed by atoms with E-state index in [4.69, 9.17) is 0 Å². The highest BCUT2D eigenvalue weighted by molar-refractivity contribution is 7.89.